The zero-order valence-electron chi connectivity index (χ0n) is 14.4. The van der Waals surface area contributed by atoms with Crippen LogP contribution >= 0.6 is 11.3 Å². The lowest BCUT2D eigenvalue weighted by atomic mass is 9.95. The molecule has 3 aromatic heterocycles. The van der Waals surface area contributed by atoms with Gasteiger partial charge in [0, 0.05) is 36.4 Å². The van der Waals surface area contributed by atoms with E-state index in [4.69, 9.17) is 9.40 Å². The van der Waals surface area contributed by atoms with Crippen LogP contribution in [0.3, 0.4) is 0 Å². The second-order valence-corrected chi connectivity index (χ2v) is 7.80. The van der Waals surface area contributed by atoms with Crippen LogP contribution < -0.4 is 5.32 Å². The summed E-state index contributed by atoms with van der Waals surface area (Å²) in [5.41, 5.74) is 5.38. The molecule has 0 unspecified atom stereocenters. The van der Waals surface area contributed by atoms with Crippen LogP contribution in [0, 0.1) is 13.8 Å². The Kier molecular flexibility index (Phi) is 3.43. The Balaban J connectivity index is 1.55. The predicted octanol–water partition coefficient (Wildman–Crippen LogP) is 4.29. The summed E-state index contributed by atoms with van der Waals surface area (Å²) in [6.07, 6.45) is 6.75. The molecular weight excluding hydrogens is 332 g/mol. The number of piperidine rings is 1. The smallest absolute Gasteiger partial charge is 0.194 e. The quantitative estimate of drug-likeness (QED) is 0.585. The third-order valence-electron chi connectivity index (χ3n) is 5.11. The van der Waals surface area contributed by atoms with Crippen molar-refractivity contribution in [3.63, 3.8) is 0 Å². The monoisotopic (exact) mass is 352 g/mol. The summed E-state index contributed by atoms with van der Waals surface area (Å²) < 4.78 is 7.95. The molecule has 4 heterocycles. The number of fused-ring (bicyclic) bond motifs is 2. The van der Waals surface area contributed by atoms with Crippen LogP contribution in [-0.2, 0) is 0 Å². The van der Waals surface area contributed by atoms with Gasteiger partial charge in [-0.1, -0.05) is 17.4 Å². The summed E-state index contributed by atoms with van der Waals surface area (Å²) >= 11 is 1.74. The van der Waals surface area contributed by atoms with Crippen LogP contribution in [0.4, 0.5) is 0 Å². The van der Waals surface area contributed by atoms with E-state index in [2.05, 4.69) is 40.1 Å². The second-order valence-electron chi connectivity index (χ2n) is 6.79. The largest absolute Gasteiger partial charge is 0.441 e. The summed E-state index contributed by atoms with van der Waals surface area (Å²) in [5, 5.41) is 3.42. The maximum atomic E-state index is 5.78. The number of hydrogen-bond donors (Lipinski definition) is 1. The van der Waals surface area contributed by atoms with Crippen LogP contribution in [0.1, 0.15) is 35.9 Å². The molecule has 25 heavy (non-hydrogen) atoms. The summed E-state index contributed by atoms with van der Waals surface area (Å²) in [6, 6.07) is 4.18. The van der Waals surface area contributed by atoms with Crippen molar-refractivity contribution in [2.24, 2.45) is 0 Å². The zero-order valence-corrected chi connectivity index (χ0v) is 15.2. The predicted molar refractivity (Wildman–Crippen MR) is 100 cm³/mol. The van der Waals surface area contributed by atoms with Crippen molar-refractivity contribution in [3.05, 3.63) is 41.7 Å². The number of aromatic nitrogens is 3. The van der Waals surface area contributed by atoms with E-state index < -0.39 is 0 Å². The number of oxazole rings is 1. The van der Waals surface area contributed by atoms with E-state index in [1.807, 2.05) is 13.0 Å². The van der Waals surface area contributed by atoms with Gasteiger partial charge < -0.3 is 9.73 Å². The second kappa shape index (κ2) is 5.68. The maximum Gasteiger partial charge on any atom is 0.194 e. The Bertz CT molecular complexity index is 1040. The first-order chi connectivity index (χ1) is 12.2. The van der Waals surface area contributed by atoms with E-state index in [0.29, 0.717) is 11.8 Å². The van der Waals surface area contributed by atoms with Gasteiger partial charge in [-0.25, -0.2) is 9.97 Å². The average molecular weight is 352 g/mol. The van der Waals surface area contributed by atoms with Crippen molar-refractivity contribution >= 4 is 27.4 Å². The molecule has 1 aliphatic rings. The Morgan fingerprint density at radius 3 is 2.80 bits per heavy atom. The summed E-state index contributed by atoms with van der Waals surface area (Å²) in [4.78, 5) is 11.6. The molecule has 5 nitrogen and oxygen atoms in total. The molecule has 5 rings (SSSR count). The average Bonchev–Trinajstić information content (AvgIpc) is 3.28. The molecule has 1 saturated heterocycles. The van der Waals surface area contributed by atoms with Crippen LogP contribution in [0.25, 0.3) is 26.5 Å². The third-order valence-corrected chi connectivity index (χ3v) is 6.14. The highest BCUT2D eigenvalue weighted by atomic mass is 32.1. The topological polar surface area (TPSA) is 55.4 Å². The van der Waals surface area contributed by atoms with E-state index in [-0.39, 0.29) is 0 Å². The molecule has 0 bridgehead atoms. The van der Waals surface area contributed by atoms with Gasteiger partial charge >= 0.3 is 0 Å². The van der Waals surface area contributed by atoms with E-state index >= 15 is 0 Å². The molecule has 6 heteroatoms. The van der Waals surface area contributed by atoms with Crippen LogP contribution in [0.2, 0.25) is 0 Å². The number of nitrogens with one attached hydrogen (secondary N) is 1. The van der Waals surface area contributed by atoms with Crippen molar-refractivity contribution in [1.29, 1.82) is 0 Å². The fourth-order valence-electron chi connectivity index (χ4n) is 3.75. The van der Waals surface area contributed by atoms with Crippen molar-refractivity contribution < 1.29 is 4.42 Å². The van der Waals surface area contributed by atoms with Crippen LogP contribution in [0.5, 0.6) is 0 Å². The first kappa shape index (κ1) is 15.1. The molecule has 0 aliphatic carbocycles. The van der Waals surface area contributed by atoms with Gasteiger partial charge in [-0.3, -0.25) is 4.40 Å². The highest BCUT2D eigenvalue weighted by molar-refractivity contribution is 7.20. The van der Waals surface area contributed by atoms with Crippen LogP contribution in [0.15, 0.2) is 28.9 Å². The van der Waals surface area contributed by atoms with E-state index in [1.54, 1.807) is 11.3 Å². The van der Waals surface area contributed by atoms with Crippen molar-refractivity contribution in [3.8, 4) is 10.4 Å². The van der Waals surface area contributed by atoms with Crippen molar-refractivity contribution in [2.45, 2.75) is 32.6 Å². The molecule has 1 aromatic carbocycles. The molecule has 128 valence electrons. The molecule has 4 aromatic rings. The maximum absolute atomic E-state index is 5.78. The number of thiazole rings is 1. The standard InChI is InChI=1S/C19H20N4OS/c1-11-14(3-4-15-18(11)24-12(2)21-15)17-10-23-9-16(22-19(23)25-17)13-5-7-20-8-6-13/h3-4,9-10,13,20H,5-8H2,1-2H3. The van der Waals surface area contributed by atoms with Gasteiger partial charge in [-0.15, -0.1) is 0 Å². The highest BCUT2D eigenvalue weighted by Gasteiger charge is 2.20. The van der Waals surface area contributed by atoms with Gasteiger partial charge in [0.25, 0.3) is 0 Å². The fourth-order valence-corrected chi connectivity index (χ4v) is 4.81. The molecular formula is C19H20N4OS. The fraction of sp³-hybridized carbons (Fsp3) is 0.368. The minimum atomic E-state index is 0.590. The molecule has 0 spiro atoms. The van der Waals surface area contributed by atoms with Gasteiger partial charge in [-0.2, -0.15) is 0 Å². The number of aryl methyl sites for hydroxylation is 2. The molecule has 0 saturated carbocycles. The summed E-state index contributed by atoms with van der Waals surface area (Å²) in [5.74, 6) is 1.30. The van der Waals surface area contributed by atoms with Gasteiger partial charge in [0.1, 0.15) is 5.52 Å². The molecule has 1 aliphatic heterocycles. The summed E-state index contributed by atoms with van der Waals surface area (Å²) in [7, 11) is 0. The number of nitrogens with zero attached hydrogens (tertiary/aromatic N) is 3. The van der Waals surface area contributed by atoms with E-state index in [1.165, 1.54) is 29.0 Å². The molecule has 1 fully saturated rings. The Morgan fingerprint density at radius 1 is 1.16 bits per heavy atom. The number of benzene rings is 1. The zero-order chi connectivity index (χ0) is 17.0. The first-order valence-corrected chi connectivity index (χ1v) is 9.57. The van der Waals surface area contributed by atoms with Gasteiger partial charge in [0.15, 0.2) is 16.4 Å². The Hall–Kier alpha value is -2.18. The van der Waals surface area contributed by atoms with E-state index in [0.717, 1.165) is 34.7 Å². The van der Waals surface area contributed by atoms with Crippen LogP contribution in [-0.4, -0.2) is 27.5 Å². The Morgan fingerprint density at radius 2 is 2.00 bits per heavy atom. The van der Waals surface area contributed by atoms with Gasteiger partial charge in [-0.05, 0) is 38.9 Å². The van der Waals surface area contributed by atoms with Crippen molar-refractivity contribution in [1.82, 2.24) is 19.7 Å². The number of rotatable bonds is 2. The number of imidazole rings is 1. The van der Waals surface area contributed by atoms with Crippen molar-refractivity contribution in [2.75, 3.05) is 13.1 Å². The molecule has 0 radical (unpaired) electrons. The third kappa shape index (κ3) is 2.48. The van der Waals surface area contributed by atoms with Gasteiger partial charge in [0.2, 0.25) is 0 Å². The minimum Gasteiger partial charge on any atom is -0.441 e. The lowest BCUT2D eigenvalue weighted by Crippen LogP contribution is -2.26. The SMILES string of the molecule is Cc1nc2ccc(-c3cn4cc(C5CCNCC5)nc4s3)c(C)c2o1. The normalized spacial score (nSPS) is 16.2. The molecule has 0 amide bonds. The number of hydrogen-bond acceptors (Lipinski definition) is 5. The minimum absolute atomic E-state index is 0.590. The molecule has 0 atom stereocenters. The van der Waals surface area contributed by atoms with Gasteiger partial charge in [0.05, 0.1) is 10.6 Å². The first-order valence-electron chi connectivity index (χ1n) is 8.75. The lowest BCUT2D eigenvalue weighted by Gasteiger charge is -2.20. The summed E-state index contributed by atoms with van der Waals surface area (Å²) in [6.45, 7) is 6.18. The highest BCUT2D eigenvalue weighted by Crippen LogP contribution is 2.35. The lowest BCUT2D eigenvalue weighted by molar-refractivity contribution is 0.454. The van der Waals surface area contributed by atoms with E-state index in [9.17, 15) is 0 Å². The molecule has 1 N–H and O–H groups in total. The Labute approximate surface area is 149 Å².